The minimum Gasteiger partial charge on any atom is -0.508 e. The molecule has 2 aromatic carbocycles. The molecule has 4 N–H and O–H groups in total. The fourth-order valence-electron chi connectivity index (χ4n) is 4.60. The Morgan fingerprint density at radius 2 is 1.87 bits per heavy atom. The number of carbonyl (C=O) groups is 1. The largest absolute Gasteiger partial charge is 0.508 e. The number of nitrogens with zero attached hydrogens (tertiary/aromatic N) is 4. The second-order valence-electron chi connectivity index (χ2n) is 9.40. The lowest BCUT2D eigenvalue weighted by molar-refractivity contribution is -0.117. The van der Waals surface area contributed by atoms with Crippen LogP contribution in [0.15, 0.2) is 67.1 Å². The average Bonchev–Trinajstić information content (AvgIpc) is 3.54. The van der Waals surface area contributed by atoms with Gasteiger partial charge in [-0.05, 0) is 54.8 Å². The molecule has 4 aromatic heterocycles. The summed E-state index contributed by atoms with van der Waals surface area (Å²) in [6, 6.07) is 13.4. The van der Waals surface area contributed by atoms with Gasteiger partial charge in [-0.15, -0.1) is 0 Å². The highest BCUT2D eigenvalue weighted by atomic mass is 19.1. The third-order valence-electron chi connectivity index (χ3n) is 6.63. The van der Waals surface area contributed by atoms with Crippen molar-refractivity contribution in [3.05, 3.63) is 72.9 Å². The van der Waals surface area contributed by atoms with Gasteiger partial charge in [0.1, 0.15) is 22.8 Å². The predicted molar refractivity (Wildman–Crippen MR) is 141 cm³/mol. The summed E-state index contributed by atoms with van der Waals surface area (Å²) >= 11 is 0. The number of halogens is 1. The number of hydrogen-bond acceptors (Lipinski definition) is 6. The zero-order chi connectivity index (χ0) is 25.8. The van der Waals surface area contributed by atoms with Gasteiger partial charge in [0.2, 0.25) is 5.91 Å². The minimum atomic E-state index is -0.564. The first-order valence-corrected chi connectivity index (χ1v) is 12.1. The van der Waals surface area contributed by atoms with Gasteiger partial charge in [0, 0.05) is 40.9 Å². The number of aromatic nitrogens is 6. The Labute approximate surface area is 214 Å². The first-order valence-electron chi connectivity index (χ1n) is 12.1. The Balaban J connectivity index is 1.29. The Morgan fingerprint density at radius 3 is 2.71 bits per heavy atom. The molecule has 9 nitrogen and oxygen atoms in total. The van der Waals surface area contributed by atoms with Crippen LogP contribution in [0.5, 0.6) is 5.75 Å². The van der Waals surface area contributed by atoms with Crippen LogP contribution >= 0.6 is 0 Å². The standard InChI is InChI=1S/C28H20FN7O2/c29-18-7-16(9-20(37)11-18)24-26-23(5-6-31-24)33-27(34-26)25-21-10-15(3-4-22(21)35-36-25)17-8-19(13-30-12-17)32-28(38)14-1-2-14/h3-14,37H,1-2H2,(H,32,38)(H,33,34)(H,35,36). The number of amides is 1. The number of nitrogens with one attached hydrogen (secondary N) is 3. The van der Waals surface area contributed by atoms with Gasteiger partial charge in [-0.3, -0.25) is 19.9 Å². The van der Waals surface area contributed by atoms with Crippen LogP contribution in [0.3, 0.4) is 0 Å². The number of hydrogen-bond donors (Lipinski definition) is 4. The lowest BCUT2D eigenvalue weighted by Gasteiger charge is -2.07. The molecule has 1 saturated carbocycles. The van der Waals surface area contributed by atoms with E-state index in [9.17, 15) is 14.3 Å². The molecule has 4 heterocycles. The fraction of sp³-hybridized carbons (Fsp3) is 0.107. The maximum atomic E-state index is 14.0. The highest BCUT2D eigenvalue weighted by Crippen LogP contribution is 2.34. The van der Waals surface area contributed by atoms with Gasteiger partial charge in [0.05, 0.1) is 28.6 Å². The third-order valence-corrected chi connectivity index (χ3v) is 6.63. The molecule has 1 fully saturated rings. The zero-order valence-corrected chi connectivity index (χ0v) is 19.9. The summed E-state index contributed by atoms with van der Waals surface area (Å²) in [6.45, 7) is 0. The number of H-pyrrole nitrogens is 2. The Kier molecular flexibility index (Phi) is 4.93. The lowest BCUT2D eigenvalue weighted by atomic mass is 10.0. The van der Waals surface area contributed by atoms with Gasteiger partial charge in [-0.25, -0.2) is 9.37 Å². The number of carbonyl (C=O) groups excluding carboxylic acids is 1. The topological polar surface area (TPSA) is 132 Å². The van der Waals surface area contributed by atoms with Crippen LogP contribution in [0.25, 0.3) is 55.8 Å². The molecule has 6 aromatic rings. The van der Waals surface area contributed by atoms with Crippen molar-refractivity contribution in [1.82, 2.24) is 30.1 Å². The smallest absolute Gasteiger partial charge is 0.227 e. The monoisotopic (exact) mass is 505 g/mol. The van der Waals surface area contributed by atoms with E-state index in [1.165, 1.54) is 12.1 Å². The molecule has 10 heteroatoms. The number of benzene rings is 2. The van der Waals surface area contributed by atoms with Crippen LogP contribution in [-0.4, -0.2) is 41.1 Å². The zero-order valence-electron chi connectivity index (χ0n) is 19.9. The lowest BCUT2D eigenvalue weighted by Crippen LogP contribution is -2.13. The van der Waals surface area contributed by atoms with Crippen molar-refractivity contribution in [3.63, 3.8) is 0 Å². The van der Waals surface area contributed by atoms with Crippen molar-refractivity contribution in [2.75, 3.05) is 5.32 Å². The van der Waals surface area contributed by atoms with E-state index >= 15 is 0 Å². The Morgan fingerprint density at radius 1 is 0.974 bits per heavy atom. The van der Waals surface area contributed by atoms with Crippen molar-refractivity contribution in [1.29, 1.82) is 0 Å². The van der Waals surface area contributed by atoms with Crippen molar-refractivity contribution < 1.29 is 14.3 Å². The average molecular weight is 506 g/mol. The van der Waals surface area contributed by atoms with Gasteiger partial charge in [0.25, 0.3) is 0 Å². The van der Waals surface area contributed by atoms with E-state index in [1.54, 1.807) is 24.7 Å². The maximum Gasteiger partial charge on any atom is 0.227 e. The number of aromatic amines is 2. The number of pyridine rings is 2. The number of fused-ring (bicyclic) bond motifs is 2. The third kappa shape index (κ3) is 3.92. The van der Waals surface area contributed by atoms with E-state index in [1.807, 2.05) is 24.3 Å². The number of aromatic hydroxyl groups is 1. The van der Waals surface area contributed by atoms with E-state index < -0.39 is 5.82 Å². The molecule has 1 amide bonds. The van der Waals surface area contributed by atoms with E-state index in [0.29, 0.717) is 39.5 Å². The summed E-state index contributed by atoms with van der Waals surface area (Å²) in [5.41, 5.74) is 5.94. The first-order chi connectivity index (χ1) is 18.5. The van der Waals surface area contributed by atoms with Gasteiger partial charge >= 0.3 is 0 Å². The van der Waals surface area contributed by atoms with Crippen LogP contribution in [0.2, 0.25) is 0 Å². The van der Waals surface area contributed by atoms with Gasteiger partial charge < -0.3 is 15.4 Å². The molecular formula is C28H20FN7O2. The number of phenols is 1. The van der Waals surface area contributed by atoms with Gasteiger partial charge in [-0.1, -0.05) is 6.07 Å². The van der Waals surface area contributed by atoms with Crippen molar-refractivity contribution in [2.45, 2.75) is 12.8 Å². The predicted octanol–water partition coefficient (Wildman–Crippen LogP) is 5.42. The summed E-state index contributed by atoms with van der Waals surface area (Å²) in [4.78, 5) is 28.9. The number of anilines is 1. The molecule has 0 atom stereocenters. The second kappa shape index (κ2) is 8.48. The summed E-state index contributed by atoms with van der Waals surface area (Å²) < 4.78 is 14.0. The van der Waals surface area contributed by atoms with Gasteiger partial charge in [0.15, 0.2) is 5.82 Å². The fourth-order valence-corrected chi connectivity index (χ4v) is 4.60. The second-order valence-corrected chi connectivity index (χ2v) is 9.40. The normalized spacial score (nSPS) is 13.3. The number of imidazole rings is 1. The summed E-state index contributed by atoms with van der Waals surface area (Å²) in [7, 11) is 0. The molecular weight excluding hydrogens is 485 g/mol. The molecule has 38 heavy (non-hydrogen) atoms. The maximum absolute atomic E-state index is 14.0. The van der Waals surface area contributed by atoms with Crippen LogP contribution < -0.4 is 5.32 Å². The molecule has 1 aliphatic carbocycles. The van der Waals surface area contributed by atoms with Crippen molar-refractivity contribution in [2.24, 2.45) is 5.92 Å². The number of phenolic OH excluding ortho intramolecular Hbond substituents is 1. The molecule has 0 radical (unpaired) electrons. The molecule has 0 saturated heterocycles. The molecule has 0 bridgehead atoms. The Hall–Kier alpha value is -5.12. The first kappa shape index (κ1) is 22.1. The Bertz CT molecular complexity index is 1850. The molecule has 0 aliphatic heterocycles. The van der Waals surface area contributed by atoms with Crippen LogP contribution in [0.1, 0.15) is 12.8 Å². The van der Waals surface area contributed by atoms with Gasteiger partial charge in [-0.2, -0.15) is 5.10 Å². The molecule has 1 aliphatic rings. The van der Waals surface area contributed by atoms with Crippen LogP contribution in [0.4, 0.5) is 10.1 Å². The van der Waals surface area contributed by atoms with Crippen molar-refractivity contribution >= 4 is 33.5 Å². The summed E-state index contributed by atoms with van der Waals surface area (Å²) in [5.74, 6) is -0.0997. The van der Waals surface area contributed by atoms with E-state index in [2.05, 4.69) is 30.5 Å². The van der Waals surface area contributed by atoms with Crippen LogP contribution in [0, 0.1) is 11.7 Å². The highest BCUT2D eigenvalue weighted by Gasteiger charge is 2.29. The molecule has 186 valence electrons. The summed E-state index contributed by atoms with van der Waals surface area (Å²) in [5, 5.41) is 21.2. The molecule has 0 unspecified atom stereocenters. The molecule has 7 rings (SSSR count). The molecule has 0 spiro atoms. The highest BCUT2D eigenvalue weighted by molar-refractivity contribution is 5.98. The van der Waals surface area contributed by atoms with E-state index in [0.717, 1.165) is 40.9 Å². The van der Waals surface area contributed by atoms with Crippen LogP contribution in [-0.2, 0) is 4.79 Å². The van der Waals surface area contributed by atoms with E-state index in [4.69, 9.17) is 4.98 Å². The number of rotatable bonds is 5. The van der Waals surface area contributed by atoms with E-state index in [-0.39, 0.29) is 17.6 Å². The SMILES string of the molecule is O=C(Nc1cncc(-c2ccc3[nH]nc(-c4nc5c(-c6cc(O)cc(F)c6)nccc5[nH]4)c3c2)c1)C1CC1. The van der Waals surface area contributed by atoms with Crippen molar-refractivity contribution in [3.8, 4) is 39.7 Å². The minimum absolute atomic E-state index is 0.0312. The quantitative estimate of drug-likeness (QED) is 0.247. The summed E-state index contributed by atoms with van der Waals surface area (Å²) in [6.07, 6.45) is 6.86.